The van der Waals surface area contributed by atoms with E-state index in [1.807, 2.05) is 0 Å². The highest BCUT2D eigenvalue weighted by Gasteiger charge is 2.35. The standard InChI is InChI=1S/C10H16N12O3/c1-4(23)20-8(11-14-17-20)7(9-12-15-18-21(9)5(2)24)10-13-16-19-22(10)6(3)25/h4-7,23-25H,1-3H3. The van der Waals surface area contributed by atoms with E-state index in [0.717, 1.165) is 14.0 Å². The van der Waals surface area contributed by atoms with Gasteiger partial charge in [-0.05, 0) is 52.1 Å². The molecule has 0 saturated heterocycles. The Morgan fingerprint density at radius 1 is 0.600 bits per heavy atom. The third-order valence-electron chi connectivity index (χ3n) is 3.39. The average Bonchev–Trinajstić information content (AvgIpc) is 3.28. The van der Waals surface area contributed by atoms with Crippen LogP contribution in [-0.2, 0) is 0 Å². The molecule has 3 unspecified atom stereocenters. The second-order valence-electron chi connectivity index (χ2n) is 5.27. The summed E-state index contributed by atoms with van der Waals surface area (Å²) in [7, 11) is 0. The number of aliphatic hydroxyl groups is 3. The predicted molar refractivity (Wildman–Crippen MR) is 75.2 cm³/mol. The maximum Gasteiger partial charge on any atom is 0.172 e. The Bertz CT molecular complexity index is 726. The van der Waals surface area contributed by atoms with Crippen LogP contribution in [-0.4, -0.2) is 75.9 Å². The number of aromatic nitrogens is 12. The summed E-state index contributed by atoms with van der Waals surface area (Å²) < 4.78 is 3.40. The van der Waals surface area contributed by atoms with Crippen LogP contribution < -0.4 is 0 Å². The molecule has 0 saturated carbocycles. The second-order valence-corrected chi connectivity index (χ2v) is 5.27. The fourth-order valence-electron chi connectivity index (χ4n) is 2.32. The summed E-state index contributed by atoms with van der Waals surface area (Å²) in [5.41, 5.74) is 0. The van der Waals surface area contributed by atoms with E-state index >= 15 is 0 Å². The first-order valence-electron chi connectivity index (χ1n) is 7.29. The molecule has 0 bridgehead atoms. The lowest BCUT2D eigenvalue weighted by Crippen LogP contribution is -2.24. The number of hydrogen-bond acceptors (Lipinski definition) is 12. The lowest BCUT2D eigenvalue weighted by molar-refractivity contribution is 0.0949. The predicted octanol–water partition coefficient (Wildman–Crippen LogP) is -2.64. The molecule has 0 radical (unpaired) electrons. The minimum atomic E-state index is -1.06. The fraction of sp³-hybridized carbons (Fsp3) is 0.700. The van der Waals surface area contributed by atoms with Crippen molar-refractivity contribution in [2.45, 2.75) is 45.4 Å². The number of hydrogen-bond donors (Lipinski definition) is 3. The minimum absolute atomic E-state index is 0.128. The Kier molecular flexibility index (Phi) is 4.43. The molecule has 25 heavy (non-hydrogen) atoms. The Morgan fingerprint density at radius 2 is 0.880 bits per heavy atom. The van der Waals surface area contributed by atoms with Crippen LogP contribution in [0.2, 0.25) is 0 Å². The zero-order valence-corrected chi connectivity index (χ0v) is 13.5. The van der Waals surface area contributed by atoms with Gasteiger partial charge in [0.2, 0.25) is 0 Å². The zero-order chi connectivity index (χ0) is 18.1. The maximum absolute atomic E-state index is 9.90. The second kappa shape index (κ2) is 6.54. The zero-order valence-electron chi connectivity index (χ0n) is 13.5. The largest absolute Gasteiger partial charge is 0.372 e. The quantitative estimate of drug-likeness (QED) is 0.418. The van der Waals surface area contributed by atoms with Crippen molar-refractivity contribution in [3.63, 3.8) is 0 Å². The van der Waals surface area contributed by atoms with Crippen LogP contribution in [0, 0.1) is 0 Å². The summed E-state index contributed by atoms with van der Waals surface area (Å²) in [6.45, 7) is 4.39. The van der Waals surface area contributed by atoms with Crippen molar-refractivity contribution in [2.75, 3.05) is 0 Å². The van der Waals surface area contributed by atoms with E-state index in [1.165, 1.54) is 20.8 Å². The molecule has 3 aromatic heterocycles. The van der Waals surface area contributed by atoms with E-state index in [0.29, 0.717) is 0 Å². The summed E-state index contributed by atoms with van der Waals surface area (Å²) in [6.07, 6.45) is -3.17. The number of tetrazole rings is 3. The summed E-state index contributed by atoms with van der Waals surface area (Å²) in [4.78, 5) is 0. The molecule has 3 heterocycles. The van der Waals surface area contributed by atoms with E-state index < -0.39 is 24.6 Å². The SMILES string of the molecule is CC(O)n1nnnc1C(c1nnnn1C(C)O)c1nnnn1C(C)O. The van der Waals surface area contributed by atoms with E-state index in [2.05, 4.69) is 46.6 Å². The molecule has 0 aliphatic rings. The van der Waals surface area contributed by atoms with Crippen molar-refractivity contribution >= 4 is 0 Å². The lowest BCUT2D eigenvalue weighted by Gasteiger charge is -2.18. The highest BCUT2D eigenvalue weighted by atomic mass is 16.3. The molecule has 3 N–H and O–H groups in total. The molecule has 3 rings (SSSR count). The van der Waals surface area contributed by atoms with Gasteiger partial charge in [0.15, 0.2) is 17.5 Å². The molecule has 0 aromatic carbocycles. The van der Waals surface area contributed by atoms with Crippen LogP contribution >= 0.6 is 0 Å². The number of rotatable bonds is 6. The van der Waals surface area contributed by atoms with Gasteiger partial charge in [0, 0.05) is 0 Å². The third kappa shape index (κ3) is 2.94. The van der Waals surface area contributed by atoms with Crippen LogP contribution in [0.15, 0.2) is 0 Å². The van der Waals surface area contributed by atoms with Crippen LogP contribution in [0.3, 0.4) is 0 Å². The first-order valence-corrected chi connectivity index (χ1v) is 7.29. The van der Waals surface area contributed by atoms with Crippen molar-refractivity contribution in [2.24, 2.45) is 0 Å². The molecule has 0 aliphatic heterocycles. The molecule has 3 aromatic rings. The third-order valence-corrected chi connectivity index (χ3v) is 3.39. The Labute approximate surface area is 139 Å². The van der Waals surface area contributed by atoms with Gasteiger partial charge in [-0.15, -0.1) is 15.3 Å². The molecule has 0 amide bonds. The van der Waals surface area contributed by atoms with E-state index in [1.54, 1.807) is 0 Å². The van der Waals surface area contributed by atoms with E-state index in [9.17, 15) is 15.3 Å². The van der Waals surface area contributed by atoms with Crippen molar-refractivity contribution < 1.29 is 15.3 Å². The summed E-state index contributed by atoms with van der Waals surface area (Å²) in [5, 5.41) is 63.3. The minimum Gasteiger partial charge on any atom is -0.372 e. The molecule has 0 spiro atoms. The van der Waals surface area contributed by atoms with Crippen LogP contribution in [0.25, 0.3) is 0 Å². The molecule has 15 nitrogen and oxygen atoms in total. The Morgan fingerprint density at radius 3 is 1.12 bits per heavy atom. The van der Waals surface area contributed by atoms with Crippen LogP contribution in [0.5, 0.6) is 0 Å². The van der Waals surface area contributed by atoms with Crippen LogP contribution in [0.4, 0.5) is 0 Å². The molecule has 0 fully saturated rings. The molecular weight excluding hydrogens is 336 g/mol. The van der Waals surface area contributed by atoms with Gasteiger partial charge in [-0.1, -0.05) is 0 Å². The van der Waals surface area contributed by atoms with Gasteiger partial charge in [0.1, 0.15) is 24.6 Å². The summed E-state index contributed by atoms with van der Waals surface area (Å²) in [5.74, 6) is -0.575. The van der Waals surface area contributed by atoms with E-state index in [4.69, 9.17) is 0 Å². The highest BCUT2D eigenvalue weighted by molar-refractivity contribution is 5.21. The van der Waals surface area contributed by atoms with Gasteiger partial charge in [-0.25, -0.2) is 14.0 Å². The molecular formula is C10H16N12O3. The maximum atomic E-state index is 9.90. The monoisotopic (exact) mass is 352 g/mol. The van der Waals surface area contributed by atoms with Gasteiger partial charge in [-0.2, -0.15) is 0 Å². The number of nitrogens with zero attached hydrogens (tertiary/aromatic N) is 12. The smallest absolute Gasteiger partial charge is 0.172 e. The average molecular weight is 352 g/mol. The molecule has 134 valence electrons. The summed E-state index contributed by atoms with van der Waals surface area (Å²) in [6, 6.07) is 0. The lowest BCUT2D eigenvalue weighted by atomic mass is 10.1. The molecule has 3 atom stereocenters. The van der Waals surface area contributed by atoms with E-state index in [-0.39, 0.29) is 17.5 Å². The number of aliphatic hydroxyl groups excluding tert-OH is 3. The van der Waals surface area contributed by atoms with Crippen molar-refractivity contribution in [1.82, 2.24) is 60.6 Å². The van der Waals surface area contributed by atoms with Crippen LogP contribution in [0.1, 0.15) is 62.8 Å². The highest BCUT2D eigenvalue weighted by Crippen LogP contribution is 2.29. The van der Waals surface area contributed by atoms with Gasteiger partial charge >= 0.3 is 0 Å². The first kappa shape index (κ1) is 16.9. The summed E-state index contributed by atoms with van der Waals surface area (Å²) >= 11 is 0. The Balaban J connectivity index is 2.23. The van der Waals surface area contributed by atoms with Gasteiger partial charge in [-0.3, -0.25) is 0 Å². The molecule has 0 aliphatic carbocycles. The van der Waals surface area contributed by atoms with Crippen molar-refractivity contribution in [3.8, 4) is 0 Å². The topological polar surface area (TPSA) is 191 Å². The van der Waals surface area contributed by atoms with Crippen molar-refractivity contribution in [3.05, 3.63) is 17.5 Å². The first-order chi connectivity index (χ1) is 11.9. The van der Waals surface area contributed by atoms with Gasteiger partial charge < -0.3 is 15.3 Å². The Hall–Kier alpha value is -2.91. The fourth-order valence-corrected chi connectivity index (χ4v) is 2.32. The van der Waals surface area contributed by atoms with Gasteiger partial charge in [0.05, 0.1) is 0 Å². The normalized spacial score (nSPS) is 16.6. The van der Waals surface area contributed by atoms with Gasteiger partial charge in [0.25, 0.3) is 0 Å². The van der Waals surface area contributed by atoms with Crippen molar-refractivity contribution in [1.29, 1.82) is 0 Å². The molecule has 15 heteroatoms.